The van der Waals surface area contributed by atoms with Crippen LogP contribution in [0.1, 0.15) is 29.8 Å². The van der Waals surface area contributed by atoms with Crippen molar-refractivity contribution in [1.82, 2.24) is 0 Å². The number of halogens is 1. The average molecular weight is 306 g/mol. The van der Waals surface area contributed by atoms with Crippen molar-refractivity contribution < 1.29 is 4.79 Å². The Balaban J connectivity index is 0.000000771. The second-order valence-electron chi connectivity index (χ2n) is 3.42. The number of carbonyl (C=O) groups is 1. The first kappa shape index (κ1) is 14.5. The molecular formula is C15H16BrNO. The van der Waals surface area contributed by atoms with Crippen LogP contribution in [0.2, 0.25) is 0 Å². The van der Waals surface area contributed by atoms with E-state index >= 15 is 0 Å². The third kappa shape index (κ3) is 3.44. The first-order chi connectivity index (χ1) is 8.68. The fourth-order valence-electron chi connectivity index (χ4n) is 1.46. The van der Waals surface area contributed by atoms with Gasteiger partial charge in [0.2, 0.25) is 0 Å². The van der Waals surface area contributed by atoms with Gasteiger partial charge in [-0.3, -0.25) is 4.79 Å². The Labute approximate surface area is 116 Å². The number of ketones is 1. The lowest BCUT2D eigenvalue weighted by atomic mass is 10.0. The maximum absolute atomic E-state index is 12.1. The highest BCUT2D eigenvalue weighted by Crippen LogP contribution is 2.18. The van der Waals surface area contributed by atoms with Gasteiger partial charge in [-0.1, -0.05) is 41.9 Å². The zero-order valence-electron chi connectivity index (χ0n) is 10.5. The summed E-state index contributed by atoms with van der Waals surface area (Å²) in [4.78, 5) is 12.1. The molecule has 2 N–H and O–H groups in total. The molecule has 0 amide bonds. The average Bonchev–Trinajstić information content (AvgIpc) is 2.42. The quantitative estimate of drug-likeness (QED) is 0.664. The van der Waals surface area contributed by atoms with Crippen LogP contribution >= 0.6 is 15.9 Å². The van der Waals surface area contributed by atoms with Crippen LogP contribution in [0.4, 0.5) is 5.69 Å². The van der Waals surface area contributed by atoms with Crippen molar-refractivity contribution >= 4 is 27.4 Å². The molecule has 2 aromatic carbocycles. The molecule has 18 heavy (non-hydrogen) atoms. The van der Waals surface area contributed by atoms with Gasteiger partial charge in [-0.25, -0.2) is 0 Å². The number of hydrogen-bond donors (Lipinski definition) is 1. The number of nitrogens with two attached hydrogens (primary N) is 1. The molecule has 0 fully saturated rings. The van der Waals surface area contributed by atoms with Gasteiger partial charge in [0, 0.05) is 21.3 Å². The van der Waals surface area contributed by atoms with Gasteiger partial charge in [0.1, 0.15) is 0 Å². The summed E-state index contributed by atoms with van der Waals surface area (Å²) in [5.74, 6) is -0.0504. The molecule has 3 heteroatoms. The van der Waals surface area contributed by atoms with Crippen molar-refractivity contribution in [2.75, 3.05) is 5.73 Å². The molecule has 2 aromatic rings. The molecule has 0 atom stereocenters. The summed E-state index contributed by atoms with van der Waals surface area (Å²) in [5.41, 5.74) is 7.45. The first-order valence-electron chi connectivity index (χ1n) is 5.83. The monoisotopic (exact) mass is 305 g/mol. The second kappa shape index (κ2) is 6.97. The fraction of sp³-hybridized carbons (Fsp3) is 0.133. The smallest absolute Gasteiger partial charge is 0.195 e. The minimum absolute atomic E-state index is 0.0504. The van der Waals surface area contributed by atoms with Crippen LogP contribution in [-0.2, 0) is 0 Å². The largest absolute Gasteiger partial charge is 0.398 e. The van der Waals surface area contributed by atoms with E-state index in [1.54, 1.807) is 24.3 Å². The van der Waals surface area contributed by atoms with E-state index in [0.29, 0.717) is 16.8 Å². The zero-order chi connectivity index (χ0) is 13.5. The molecule has 94 valence electrons. The van der Waals surface area contributed by atoms with Gasteiger partial charge >= 0.3 is 0 Å². The highest BCUT2D eigenvalue weighted by atomic mass is 79.9. The fourth-order valence-corrected chi connectivity index (χ4v) is 1.72. The second-order valence-corrected chi connectivity index (χ2v) is 4.34. The van der Waals surface area contributed by atoms with Gasteiger partial charge < -0.3 is 5.73 Å². The highest BCUT2D eigenvalue weighted by molar-refractivity contribution is 9.10. The summed E-state index contributed by atoms with van der Waals surface area (Å²) in [5, 5.41) is 0. The Morgan fingerprint density at radius 1 is 1.00 bits per heavy atom. The van der Waals surface area contributed by atoms with Crippen LogP contribution in [0.15, 0.2) is 53.0 Å². The van der Waals surface area contributed by atoms with Crippen molar-refractivity contribution in [3.63, 3.8) is 0 Å². The Hall–Kier alpha value is -1.61. The van der Waals surface area contributed by atoms with Crippen LogP contribution in [0.25, 0.3) is 0 Å². The van der Waals surface area contributed by atoms with Crippen molar-refractivity contribution in [3.8, 4) is 0 Å². The Kier molecular flexibility index (Phi) is 5.59. The molecule has 2 nitrogen and oxygen atoms in total. The van der Waals surface area contributed by atoms with E-state index in [9.17, 15) is 4.79 Å². The van der Waals surface area contributed by atoms with E-state index in [4.69, 9.17) is 5.73 Å². The summed E-state index contributed by atoms with van der Waals surface area (Å²) >= 11 is 3.33. The maximum atomic E-state index is 12.1. The van der Waals surface area contributed by atoms with Crippen molar-refractivity contribution in [3.05, 3.63) is 64.1 Å². The number of carbonyl (C=O) groups excluding carboxylic acids is 1. The summed E-state index contributed by atoms with van der Waals surface area (Å²) in [6, 6.07) is 14.3. The normalized spacial score (nSPS) is 9.28. The molecule has 0 heterocycles. The molecule has 0 radical (unpaired) electrons. The van der Waals surface area contributed by atoms with E-state index in [0.717, 1.165) is 4.47 Å². The molecule has 0 saturated heterocycles. The number of benzene rings is 2. The van der Waals surface area contributed by atoms with Crippen LogP contribution in [0.5, 0.6) is 0 Å². The van der Waals surface area contributed by atoms with Gasteiger partial charge in [-0.15, -0.1) is 0 Å². The molecule has 0 saturated carbocycles. The van der Waals surface area contributed by atoms with E-state index in [1.807, 2.05) is 38.1 Å². The van der Waals surface area contributed by atoms with Crippen molar-refractivity contribution in [1.29, 1.82) is 0 Å². The number of hydrogen-bond acceptors (Lipinski definition) is 2. The molecule has 0 aliphatic heterocycles. The predicted molar refractivity (Wildman–Crippen MR) is 79.8 cm³/mol. The summed E-state index contributed by atoms with van der Waals surface area (Å²) in [6.45, 7) is 4.00. The maximum Gasteiger partial charge on any atom is 0.195 e. The molecule has 0 unspecified atom stereocenters. The van der Waals surface area contributed by atoms with Crippen molar-refractivity contribution in [2.24, 2.45) is 0 Å². The Bertz CT molecular complexity index is 520. The SMILES string of the molecule is CC.Nc1ccccc1C(=O)c1ccc(Br)cc1. The van der Waals surface area contributed by atoms with E-state index in [1.165, 1.54) is 0 Å². The predicted octanol–water partition coefficient (Wildman–Crippen LogP) is 4.29. The van der Waals surface area contributed by atoms with Gasteiger partial charge in [-0.2, -0.15) is 0 Å². The summed E-state index contributed by atoms with van der Waals surface area (Å²) in [6.07, 6.45) is 0. The number of para-hydroxylation sites is 1. The summed E-state index contributed by atoms with van der Waals surface area (Å²) < 4.78 is 0.949. The molecule has 0 aromatic heterocycles. The van der Waals surface area contributed by atoms with E-state index < -0.39 is 0 Å². The van der Waals surface area contributed by atoms with Gasteiger partial charge in [0.05, 0.1) is 0 Å². The third-order valence-electron chi connectivity index (χ3n) is 2.31. The summed E-state index contributed by atoms with van der Waals surface area (Å²) in [7, 11) is 0. The van der Waals surface area contributed by atoms with Crippen LogP contribution in [-0.4, -0.2) is 5.78 Å². The van der Waals surface area contributed by atoms with Gasteiger partial charge in [0.15, 0.2) is 5.78 Å². The number of anilines is 1. The molecule has 0 spiro atoms. The van der Waals surface area contributed by atoms with Crippen LogP contribution < -0.4 is 5.73 Å². The molecule has 0 aliphatic carbocycles. The topological polar surface area (TPSA) is 43.1 Å². The van der Waals surface area contributed by atoms with Crippen LogP contribution in [0.3, 0.4) is 0 Å². The lowest BCUT2D eigenvalue weighted by Gasteiger charge is -2.04. The molecule has 2 rings (SSSR count). The van der Waals surface area contributed by atoms with Crippen LogP contribution in [0, 0.1) is 0 Å². The van der Waals surface area contributed by atoms with E-state index in [-0.39, 0.29) is 5.78 Å². The minimum Gasteiger partial charge on any atom is -0.398 e. The number of nitrogen functional groups attached to an aromatic ring is 1. The third-order valence-corrected chi connectivity index (χ3v) is 2.84. The van der Waals surface area contributed by atoms with Gasteiger partial charge in [-0.05, 0) is 36.4 Å². The zero-order valence-corrected chi connectivity index (χ0v) is 12.1. The van der Waals surface area contributed by atoms with Gasteiger partial charge in [0.25, 0.3) is 0 Å². The molecule has 0 aliphatic rings. The Morgan fingerprint density at radius 2 is 1.56 bits per heavy atom. The first-order valence-corrected chi connectivity index (χ1v) is 6.62. The molecular weight excluding hydrogens is 290 g/mol. The minimum atomic E-state index is -0.0504. The lowest BCUT2D eigenvalue weighted by molar-refractivity contribution is 0.103. The molecule has 0 bridgehead atoms. The Morgan fingerprint density at radius 3 is 2.11 bits per heavy atom. The highest BCUT2D eigenvalue weighted by Gasteiger charge is 2.10. The standard InChI is InChI=1S/C13H10BrNO.C2H6/c14-10-7-5-9(6-8-10)13(16)11-3-1-2-4-12(11)15;1-2/h1-8H,15H2;1-2H3. The number of rotatable bonds is 2. The van der Waals surface area contributed by atoms with Crippen molar-refractivity contribution in [2.45, 2.75) is 13.8 Å². The van der Waals surface area contributed by atoms with E-state index in [2.05, 4.69) is 15.9 Å². The lowest BCUT2D eigenvalue weighted by Crippen LogP contribution is -2.04.